The van der Waals surface area contributed by atoms with Gasteiger partial charge < -0.3 is 4.74 Å². The number of hydrogen-bond acceptors (Lipinski definition) is 2. The van der Waals surface area contributed by atoms with Crippen molar-refractivity contribution in [1.82, 2.24) is 0 Å². The highest BCUT2D eigenvalue weighted by Crippen LogP contribution is 2.36. The van der Waals surface area contributed by atoms with Crippen molar-refractivity contribution in [1.29, 1.82) is 0 Å². The van der Waals surface area contributed by atoms with Gasteiger partial charge in [0.1, 0.15) is 6.10 Å². The number of carbonyl (C=O) groups is 1. The van der Waals surface area contributed by atoms with Gasteiger partial charge in [-0.3, -0.25) is 4.79 Å². The second-order valence-corrected chi connectivity index (χ2v) is 11.7. The Kier molecular flexibility index (Phi) is 5.03. The minimum Gasteiger partial charge on any atom is -0.462 e. The van der Waals surface area contributed by atoms with Crippen LogP contribution in [0.25, 0.3) is 0 Å². The first-order valence-corrected chi connectivity index (χ1v) is 10.2. The molecule has 16 heavy (non-hydrogen) atoms. The Balaban J connectivity index is 2.45. The molecule has 3 heteroatoms. The molecule has 1 aliphatic rings. The lowest BCUT2D eigenvalue weighted by atomic mass is 10.0. The van der Waals surface area contributed by atoms with Crippen LogP contribution in [0.5, 0.6) is 0 Å². The van der Waals surface area contributed by atoms with Gasteiger partial charge in [0.15, 0.2) is 0 Å². The predicted molar refractivity (Wildman–Crippen MR) is 70.4 cm³/mol. The van der Waals surface area contributed by atoms with E-state index in [2.05, 4.69) is 26.6 Å². The number of rotatable bonds is 5. The summed E-state index contributed by atoms with van der Waals surface area (Å²) in [5.41, 5.74) is 0.625. The molecule has 0 saturated carbocycles. The van der Waals surface area contributed by atoms with Crippen LogP contribution in [0.1, 0.15) is 45.4 Å². The Labute approximate surface area is 101 Å². The van der Waals surface area contributed by atoms with Gasteiger partial charge in [-0.25, -0.2) is 0 Å². The van der Waals surface area contributed by atoms with Crippen molar-refractivity contribution in [2.45, 2.75) is 76.7 Å². The van der Waals surface area contributed by atoms with Crippen LogP contribution in [0, 0.1) is 0 Å². The molecule has 0 N–H and O–H groups in total. The molecule has 0 aromatic rings. The maximum atomic E-state index is 11.6. The highest BCUT2D eigenvalue weighted by atomic mass is 28.3. The van der Waals surface area contributed by atoms with Crippen molar-refractivity contribution >= 4 is 14.0 Å². The van der Waals surface area contributed by atoms with Crippen LogP contribution in [-0.2, 0) is 9.53 Å². The summed E-state index contributed by atoms with van der Waals surface area (Å²) < 4.78 is 5.44. The van der Waals surface area contributed by atoms with Crippen LogP contribution >= 0.6 is 0 Å². The second kappa shape index (κ2) is 5.85. The first-order valence-electron chi connectivity index (χ1n) is 6.63. The summed E-state index contributed by atoms with van der Waals surface area (Å²) in [4.78, 5) is 11.6. The molecular formula is C13H26O2Si. The summed E-state index contributed by atoms with van der Waals surface area (Å²) in [6.45, 7) is 9.29. The first-order chi connectivity index (χ1) is 7.43. The van der Waals surface area contributed by atoms with Crippen LogP contribution in [-0.4, -0.2) is 20.1 Å². The third kappa shape index (κ3) is 4.28. The molecule has 0 unspecified atom stereocenters. The standard InChI is InChI=1S/C13H26O2Si/c1-5-6-7-8-11-9-12(16(2,3)4)10-13(14)15-11/h11-12H,5-10H2,1-4H3/t11-,12+/m0/s1. The summed E-state index contributed by atoms with van der Waals surface area (Å²) in [5.74, 6) is 0.0418. The SMILES string of the molecule is CCCCC[C@H]1C[C@@H]([Si](C)(C)C)CC(=O)O1. The van der Waals surface area contributed by atoms with Gasteiger partial charge in [0, 0.05) is 14.5 Å². The molecule has 1 fully saturated rings. The summed E-state index contributed by atoms with van der Waals surface area (Å²) in [7, 11) is -1.19. The molecule has 94 valence electrons. The van der Waals surface area contributed by atoms with Crippen LogP contribution in [0.2, 0.25) is 25.2 Å². The molecular weight excluding hydrogens is 216 g/mol. The fourth-order valence-corrected chi connectivity index (χ4v) is 4.09. The Morgan fingerprint density at radius 2 is 2.00 bits per heavy atom. The van der Waals surface area contributed by atoms with E-state index < -0.39 is 8.07 Å². The largest absolute Gasteiger partial charge is 0.462 e. The molecule has 1 heterocycles. The average molecular weight is 242 g/mol. The van der Waals surface area contributed by atoms with Crippen molar-refractivity contribution in [3.63, 3.8) is 0 Å². The predicted octanol–water partition coefficient (Wildman–Crippen LogP) is 3.98. The normalized spacial score (nSPS) is 26.6. The fourth-order valence-electron chi connectivity index (χ4n) is 2.34. The van der Waals surface area contributed by atoms with Crippen LogP contribution in [0.15, 0.2) is 0 Å². The van der Waals surface area contributed by atoms with E-state index >= 15 is 0 Å². The van der Waals surface area contributed by atoms with E-state index in [9.17, 15) is 4.79 Å². The third-order valence-electron chi connectivity index (χ3n) is 3.61. The average Bonchev–Trinajstić information content (AvgIpc) is 2.16. The molecule has 0 spiro atoms. The summed E-state index contributed by atoms with van der Waals surface area (Å²) >= 11 is 0. The van der Waals surface area contributed by atoms with Crippen molar-refractivity contribution in [3.05, 3.63) is 0 Å². The molecule has 0 bridgehead atoms. The van der Waals surface area contributed by atoms with Gasteiger partial charge >= 0.3 is 5.97 Å². The molecule has 1 rings (SSSR count). The zero-order valence-electron chi connectivity index (χ0n) is 11.2. The molecule has 0 radical (unpaired) electrons. The van der Waals surface area contributed by atoms with E-state index in [1.807, 2.05) is 0 Å². The molecule has 2 nitrogen and oxygen atoms in total. The number of carbonyl (C=O) groups excluding carboxylic acids is 1. The van der Waals surface area contributed by atoms with Crippen molar-refractivity contribution in [3.8, 4) is 0 Å². The fraction of sp³-hybridized carbons (Fsp3) is 0.923. The molecule has 2 atom stereocenters. The third-order valence-corrected chi connectivity index (χ3v) is 6.50. The van der Waals surface area contributed by atoms with E-state index in [0.29, 0.717) is 12.0 Å². The number of unbranched alkanes of at least 4 members (excludes halogenated alkanes) is 2. The molecule has 1 saturated heterocycles. The Morgan fingerprint density at radius 1 is 1.31 bits per heavy atom. The van der Waals surface area contributed by atoms with Crippen LogP contribution in [0.4, 0.5) is 0 Å². The molecule has 1 aliphatic heterocycles. The number of cyclic esters (lactones) is 1. The summed E-state index contributed by atoms with van der Waals surface area (Å²) in [5, 5.41) is 0. The lowest BCUT2D eigenvalue weighted by Crippen LogP contribution is -2.38. The van der Waals surface area contributed by atoms with Crippen LogP contribution in [0.3, 0.4) is 0 Å². The lowest BCUT2D eigenvalue weighted by molar-refractivity contribution is -0.154. The topological polar surface area (TPSA) is 26.3 Å². The highest BCUT2D eigenvalue weighted by molar-refractivity contribution is 6.77. The highest BCUT2D eigenvalue weighted by Gasteiger charge is 2.36. The smallest absolute Gasteiger partial charge is 0.306 e. The van der Waals surface area contributed by atoms with Gasteiger partial charge in [0.25, 0.3) is 0 Å². The van der Waals surface area contributed by atoms with E-state index in [1.54, 1.807) is 0 Å². The molecule has 0 amide bonds. The molecule has 0 aromatic heterocycles. The number of ether oxygens (including phenoxy) is 1. The van der Waals surface area contributed by atoms with Gasteiger partial charge in [-0.15, -0.1) is 0 Å². The quantitative estimate of drug-likeness (QED) is 0.414. The number of hydrogen-bond donors (Lipinski definition) is 0. The molecule has 0 aliphatic carbocycles. The monoisotopic (exact) mass is 242 g/mol. The summed E-state index contributed by atoms with van der Waals surface area (Å²) in [6, 6.07) is 0. The maximum Gasteiger partial charge on any atom is 0.306 e. The van der Waals surface area contributed by atoms with Gasteiger partial charge in [0.05, 0.1) is 0 Å². The number of esters is 1. The second-order valence-electron chi connectivity index (χ2n) is 6.11. The van der Waals surface area contributed by atoms with E-state index in [0.717, 1.165) is 12.8 Å². The van der Waals surface area contributed by atoms with E-state index in [4.69, 9.17) is 4.74 Å². The first kappa shape index (κ1) is 13.8. The maximum absolute atomic E-state index is 11.6. The minimum atomic E-state index is -1.19. The Hall–Kier alpha value is -0.313. The molecule has 0 aromatic carbocycles. The van der Waals surface area contributed by atoms with Crippen molar-refractivity contribution < 1.29 is 9.53 Å². The minimum absolute atomic E-state index is 0.0418. The lowest BCUT2D eigenvalue weighted by Gasteiger charge is -2.35. The van der Waals surface area contributed by atoms with E-state index in [1.165, 1.54) is 19.3 Å². The zero-order chi connectivity index (χ0) is 12.2. The van der Waals surface area contributed by atoms with Crippen LogP contribution < -0.4 is 0 Å². The van der Waals surface area contributed by atoms with Gasteiger partial charge in [-0.1, -0.05) is 39.4 Å². The summed E-state index contributed by atoms with van der Waals surface area (Å²) in [6.07, 6.45) is 6.76. The van der Waals surface area contributed by atoms with Crippen molar-refractivity contribution in [2.24, 2.45) is 0 Å². The van der Waals surface area contributed by atoms with Gasteiger partial charge in [-0.2, -0.15) is 0 Å². The van der Waals surface area contributed by atoms with Crippen molar-refractivity contribution in [2.75, 3.05) is 0 Å². The van der Waals surface area contributed by atoms with Gasteiger partial charge in [0.2, 0.25) is 0 Å². The van der Waals surface area contributed by atoms with E-state index in [-0.39, 0.29) is 12.1 Å². The zero-order valence-corrected chi connectivity index (χ0v) is 12.2. The van der Waals surface area contributed by atoms with Gasteiger partial charge in [-0.05, 0) is 24.8 Å². The Bertz CT molecular complexity index is 233. The Morgan fingerprint density at radius 3 is 2.56 bits per heavy atom.